The van der Waals surface area contributed by atoms with E-state index < -0.39 is 18.0 Å². The molecule has 1 atom stereocenters. The lowest BCUT2D eigenvalue weighted by Crippen LogP contribution is -2.33. The summed E-state index contributed by atoms with van der Waals surface area (Å²) in [6, 6.07) is 6.33. The predicted octanol–water partition coefficient (Wildman–Crippen LogP) is 1.56. The first-order valence-corrected chi connectivity index (χ1v) is 6.35. The van der Waals surface area contributed by atoms with Crippen LogP contribution < -0.4 is 10.6 Å². The van der Waals surface area contributed by atoms with Crippen molar-refractivity contribution >= 4 is 23.7 Å². The van der Waals surface area contributed by atoms with E-state index in [-0.39, 0.29) is 18.9 Å². The van der Waals surface area contributed by atoms with Crippen molar-refractivity contribution in [2.45, 2.75) is 19.3 Å². The van der Waals surface area contributed by atoms with Crippen molar-refractivity contribution in [1.82, 2.24) is 5.32 Å². The Labute approximate surface area is 122 Å². The zero-order chi connectivity index (χ0) is 15.8. The Kier molecular flexibility index (Phi) is 6.19. The van der Waals surface area contributed by atoms with E-state index in [2.05, 4.69) is 15.4 Å². The maximum absolute atomic E-state index is 11.5. The van der Waals surface area contributed by atoms with Crippen LogP contribution in [-0.2, 0) is 14.3 Å². The number of carbonyl (C=O) groups is 3. The summed E-state index contributed by atoms with van der Waals surface area (Å²) >= 11 is 0. The minimum Gasteiger partial charge on any atom is -0.481 e. The highest BCUT2D eigenvalue weighted by molar-refractivity contribution is 5.91. The smallest absolute Gasteiger partial charge is 0.325 e. The van der Waals surface area contributed by atoms with Crippen molar-refractivity contribution in [1.29, 1.82) is 0 Å². The molecule has 7 heteroatoms. The molecule has 1 aromatic rings. The quantitative estimate of drug-likeness (QED) is 0.691. The van der Waals surface area contributed by atoms with Crippen LogP contribution in [-0.4, -0.2) is 36.7 Å². The van der Waals surface area contributed by atoms with Crippen molar-refractivity contribution < 1.29 is 24.2 Å². The van der Waals surface area contributed by atoms with E-state index in [9.17, 15) is 14.4 Å². The highest BCUT2D eigenvalue weighted by atomic mass is 16.5. The maximum atomic E-state index is 11.5. The molecule has 2 amide bonds. The van der Waals surface area contributed by atoms with E-state index in [1.807, 2.05) is 6.92 Å². The van der Waals surface area contributed by atoms with Gasteiger partial charge >= 0.3 is 18.0 Å². The van der Waals surface area contributed by atoms with Crippen molar-refractivity contribution in [3.05, 3.63) is 29.8 Å². The van der Waals surface area contributed by atoms with E-state index in [1.54, 1.807) is 24.3 Å². The van der Waals surface area contributed by atoms with Crippen LogP contribution in [0.5, 0.6) is 0 Å². The molecule has 0 aromatic heterocycles. The number of hydrogen-bond donors (Lipinski definition) is 3. The van der Waals surface area contributed by atoms with Crippen LogP contribution in [0.3, 0.4) is 0 Å². The van der Waals surface area contributed by atoms with E-state index >= 15 is 0 Å². The van der Waals surface area contributed by atoms with Gasteiger partial charge in [-0.25, -0.2) is 4.79 Å². The number of esters is 1. The zero-order valence-corrected chi connectivity index (χ0v) is 11.9. The molecule has 0 saturated carbocycles. The van der Waals surface area contributed by atoms with Crippen LogP contribution in [0.1, 0.15) is 24.8 Å². The maximum Gasteiger partial charge on any atom is 0.325 e. The fourth-order valence-corrected chi connectivity index (χ4v) is 1.67. The molecule has 0 heterocycles. The van der Waals surface area contributed by atoms with Crippen molar-refractivity contribution in [2.75, 3.05) is 19.0 Å². The Morgan fingerprint density at radius 1 is 1.24 bits per heavy atom. The van der Waals surface area contributed by atoms with E-state index in [4.69, 9.17) is 5.11 Å². The summed E-state index contributed by atoms with van der Waals surface area (Å²) in [6.45, 7) is 1.61. The number of ether oxygens (including phenoxy) is 1. The monoisotopic (exact) mass is 294 g/mol. The van der Waals surface area contributed by atoms with Gasteiger partial charge in [0.15, 0.2) is 0 Å². The lowest BCUT2D eigenvalue weighted by molar-refractivity contribution is -0.139. The zero-order valence-electron chi connectivity index (χ0n) is 11.9. The summed E-state index contributed by atoms with van der Waals surface area (Å²) in [5.74, 6) is -1.50. The number of aliphatic carboxylic acids is 1. The Hall–Kier alpha value is -2.57. The van der Waals surface area contributed by atoms with Gasteiger partial charge in [0.1, 0.15) is 6.54 Å². The van der Waals surface area contributed by atoms with Crippen LogP contribution >= 0.6 is 0 Å². The Bertz CT molecular complexity index is 513. The Balaban J connectivity index is 2.52. The Morgan fingerprint density at radius 3 is 2.38 bits per heavy atom. The van der Waals surface area contributed by atoms with Gasteiger partial charge in [0, 0.05) is 5.69 Å². The number of nitrogens with one attached hydrogen (secondary N) is 2. The van der Waals surface area contributed by atoms with Gasteiger partial charge in [0.2, 0.25) is 0 Å². The van der Waals surface area contributed by atoms with Gasteiger partial charge in [0.05, 0.1) is 13.5 Å². The molecule has 1 rings (SSSR count). The fourth-order valence-electron chi connectivity index (χ4n) is 1.67. The summed E-state index contributed by atoms with van der Waals surface area (Å²) in [5, 5.41) is 13.6. The molecule has 0 aliphatic carbocycles. The number of carboxylic acid groups (broad SMARTS) is 1. The number of benzene rings is 1. The molecule has 1 unspecified atom stereocenters. The second kappa shape index (κ2) is 7.88. The molecule has 7 nitrogen and oxygen atoms in total. The highest BCUT2D eigenvalue weighted by Gasteiger charge is 2.10. The van der Waals surface area contributed by atoms with Gasteiger partial charge in [-0.05, 0) is 23.6 Å². The van der Waals surface area contributed by atoms with Crippen LogP contribution in [0.15, 0.2) is 24.3 Å². The second-order valence-corrected chi connectivity index (χ2v) is 4.50. The van der Waals surface area contributed by atoms with Crippen molar-refractivity contribution in [3.8, 4) is 0 Å². The van der Waals surface area contributed by atoms with Crippen molar-refractivity contribution in [3.63, 3.8) is 0 Å². The molecule has 0 spiro atoms. The largest absolute Gasteiger partial charge is 0.481 e. The minimum atomic E-state index is -0.855. The Morgan fingerprint density at radius 2 is 1.86 bits per heavy atom. The third-order valence-corrected chi connectivity index (χ3v) is 2.84. The first-order valence-electron chi connectivity index (χ1n) is 6.35. The lowest BCUT2D eigenvalue weighted by Gasteiger charge is -2.11. The summed E-state index contributed by atoms with van der Waals surface area (Å²) in [7, 11) is 1.24. The van der Waals surface area contributed by atoms with Crippen LogP contribution in [0, 0.1) is 0 Å². The van der Waals surface area contributed by atoms with Crippen LogP contribution in [0.25, 0.3) is 0 Å². The standard InChI is InChI=1S/C14H18N2O5/c1-9(7-12(17)18)10-3-5-11(6-4-10)16-14(20)15-8-13(19)21-2/h3-6,9H,7-8H2,1-2H3,(H,17,18)(H2,15,16,20). The normalized spacial score (nSPS) is 11.3. The third-order valence-electron chi connectivity index (χ3n) is 2.84. The molecular formula is C14H18N2O5. The van der Waals surface area contributed by atoms with Crippen molar-refractivity contribution in [2.24, 2.45) is 0 Å². The van der Waals surface area contributed by atoms with E-state index in [0.717, 1.165) is 5.56 Å². The molecule has 0 radical (unpaired) electrons. The molecule has 0 aliphatic rings. The first-order chi connectivity index (χ1) is 9.92. The number of methoxy groups -OCH3 is 1. The number of amides is 2. The SMILES string of the molecule is COC(=O)CNC(=O)Nc1ccc(C(C)CC(=O)O)cc1. The number of carboxylic acids is 1. The molecule has 3 N–H and O–H groups in total. The van der Waals surface area contributed by atoms with Gasteiger partial charge in [-0.2, -0.15) is 0 Å². The molecular weight excluding hydrogens is 276 g/mol. The number of rotatable bonds is 6. The van der Waals surface area contributed by atoms with Gasteiger partial charge in [-0.3, -0.25) is 9.59 Å². The number of urea groups is 1. The molecule has 0 bridgehead atoms. The van der Waals surface area contributed by atoms with Gasteiger partial charge in [-0.1, -0.05) is 19.1 Å². The van der Waals surface area contributed by atoms with Crippen LogP contribution in [0.2, 0.25) is 0 Å². The molecule has 1 aromatic carbocycles. The topological polar surface area (TPSA) is 105 Å². The highest BCUT2D eigenvalue weighted by Crippen LogP contribution is 2.20. The molecule has 0 aliphatic heterocycles. The van der Waals surface area contributed by atoms with E-state index in [1.165, 1.54) is 7.11 Å². The number of carbonyl (C=O) groups excluding carboxylic acids is 2. The van der Waals surface area contributed by atoms with Crippen LogP contribution in [0.4, 0.5) is 10.5 Å². The van der Waals surface area contributed by atoms with Gasteiger partial charge in [-0.15, -0.1) is 0 Å². The predicted molar refractivity (Wildman–Crippen MR) is 76.1 cm³/mol. The fraction of sp³-hybridized carbons (Fsp3) is 0.357. The molecule has 0 fully saturated rings. The molecule has 0 saturated heterocycles. The van der Waals surface area contributed by atoms with E-state index in [0.29, 0.717) is 5.69 Å². The summed E-state index contributed by atoms with van der Waals surface area (Å²) in [6.07, 6.45) is 0.0480. The van der Waals surface area contributed by atoms with Gasteiger partial charge < -0.3 is 20.5 Å². The molecule has 21 heavy (non-hydrogen) atoms. The average Bonchev–Trinajstić information content (AvgIpc) is 2.44. The van der Waals surface area contributed by atoms with Gasteiger partial charge in [0.25, 0.3) is 0 Å². The minimum absolute atomic E-state index is 0.0480. The molecule has 114 valence electrons. The average molecular weight is 294 g/mol. The summed E-state index contributed by atoms with van der Waals surface area (Å²) < 4.78 is 4.40. The second-order valence-electron chi connectivity index (χ2n) is 4.50. The number of anilines is 1. The summed E-state index contributed by atoms with van der Waals surface area (Å²) in [5.41, 5.74) is 1.42. The third kappa shape index (κ3) is 5.94. The summed E-state index contributed by atoms with van der Waals surface area (Å²) in [4.78, 5) is 33.0. The first kappa shape index (κ1) is 16.5. The number of hydrogen-bond acceptors (Lipinski definition) is 4. The lowest BCUT2D eigenvalue weighted by atomic mass is 9.98.